The standard InChI is InChI=1S/C26H33FN2O4S/c1-17(30)34-23-10-13-29(15-20(23)14-18-8-11-28(12-9-18)16-24(31)32)25(26(33)19-6-7-19)21-4-2-3-5-22(21)27/h2-5,14,18-19,23,25H,6-13,15-16H2,1H3,(H,31,32)/b20-14+. The molecule has 184 valence electrons. The Morgan fingerprint density at radius 1 is 1.12 bits per heavy atom. The summed E-state index contributed by atoms with van der Waals surface area (Å²) < 4.78 is 14.8. The fraction of sp³-hybridized carbons (Fsp3) is 0.577. The number of carboxylic acids is 1. The molecule has 2 saturated heterocycles. The van der Waals surface area contributed by atoms with E-state index in [-0.39, 0.29) is 34.4 Å². The van der Waals surface area contributed by atoms with Gasteiger partial charge in [-0.15, -0.1) is 0 Å². The number of thioether (sulfide) groups is 1. The third-order valence-corrected chi connectivity index (χ3v) is 8.20. The molecule has 0 aromatic heterocycles. The molecule has 2 unspecified atom stereocenters. The number of carbonyl (C=O) groups is 3. The van der Waals surface area contributed by atoms with Crippen molar-refractivity contribution in [1.82, 2.24) is 9.80 Å². The molecule has 2 atom stereocenters. The topological polar surface area (TPSA) is 77.9 Å². The number of halogens is 1. The predicted molar refractivity (Wildman–Crippen MR) is 130 cm³/mol. The van der Waals surface area contributed by atoms with Crippen LogP contribution in [0, 0.1) is 17.7 Å². The van der Waals surface area contributed by atoms with Crippen LogP contribution >= 0.6 is 11.8 Å². The smallest absolute Gasteiger partial charge is 0.317 e. The lowest BCUT2D eigenvalue weighted by Gasteiger charge is -2.39. The summed E-state index contributed by atoms with van der Waals surface area (Å²) in [7, 11) is 0. The van der Waals surface area contributed by atoms with Gasteiger partial charge in [-0.2, -0.15) is 0 Å². The van der Waals surface area contributed by atoms with Crippen LogP contribution < -0.4 is 0 Å². The second-order valence-corrected chi connectivity index (χ2v) is 11.1. The summed E-state index contributed by atoms with van der Waals surface area (Å²) >= 11 is 1.34. The van der Waals surface area contributed by atoms with E-state index in [0.29, 0.717) is 24.6 Å². The molecule has 1 saturated carbocycles. The van der Waals surface area contributed by atoms with Crippen molar-refractivity contribution in [2.75, 3.05) is 32.7 Å². The van der Waals surface area contributed by atoms with Gasteiger partial charge in [0.05, 0.1) is 12.6 Å². The molecular weight excluding hydrogens is 455 g/mol. The van der Waals surface area contributed by atoms with Crippen LogP contribution in [0.15, 0.2) is 35.9 Å². The van der Waals surface area contributed by atoms with Crippen LogP contribution in [-0.2, 0) is 14.4 Å². The first-order chi connectivity index (χ1) is 16.3. The normalized spacial score (nSPS) is 24.8. The largest absolute Gasteiger partial charge is 0.480 e. The minimum absolute atomic E-state index is 0.0138. The molecule has 2 aliphatic heterocycles. The highest BCUT2D eigenvalue weighted by Gasteiger charge is 2.41. The number of hydrogen-bond acceptors (Lipinski definition) is 6. The molecule has 1 aliphatic carbocycles. The molecule has 1 N–H and O–H groups in total. The second-order valence-electron chi connectivity index (χ2n) is 9.71. The van der Waals surface area contributed by atoms with Crippen LogP contribution in [0.4, 0.5) is 4.39 Å². The van der Waals surface area contributed by atoms with Gasteiger partial charge < -0.3 is 5.11 Å². The van der Waals surface area contributed by atoms with Gasteiger partial charge >= 0.3 is 5.97 Å². The van der Waals surface area contributed by atoms with E-state index in [4.69, 9.17) is 5.11 Å². The zero-order valence-corrected chi connectivity index (χ0v) is 20.4. The maximum atomic E-state index is 14.8. The molecular formula is C26H33FN2O4S. The van der Waals surface area contributed by atoms with Crippen LogP contribution in [0.2, 0.25) is 0 Å². The molecule has 3 fully saturated rings. The SMILES string of the molecule is CC(=O)SC1CCN(C(C(=O)C2CC2)c2ccccc2F)C/C1=C\C1CCN(CC(=O)O)CC1. The molecule has 2 heterocycles. The first-order valence-corrected chi connectivity index (χ1v) is 13.0. The summed E-state index contributed by atoms with van der Waals surface area (Å²) in [5.41, 5.74) is 1.58. The van der Waals surface area contributed by atoms with Crippen LogP contribution in [0.5, 0.6) is 0 Å². The number of allylic oxidation sites excluding steroid dienone is 1. The lowest BCUT2D eigenvalue weighted by atomic mass is 9.89. The van der Waals surface area contributed by atoms with Gasteiger partial charge in [0, 0.05) is 36.7 Å². The zero-order chi connectivity index (χ0) is 24.2. The number of benzene rings is 1. The maximum absolute atomic E-state index is 14.8. The number of carbonyl (C=O) groups excluding carboxylic acids is 2. The van der Waals surface area contributed by atoms with Crippen LogP contribution in [0.25, 0.3) is 0 Å². The Kier molecular flexibility index (Phi) is 8.22. The molecule has 8 heteroatoms. The molecule has 0 radical (unpaired) electrons. The van der Waals surface area contributed by atoms with Crippen molar-refractivity contribution in [2.45, 2.75) is 50.3 Å². The Morgan fingerprint density at radius 2 is 1.82 bits per heavy atom. The molecule has 34 heavy (non-hydrogen) atoms. The molecule has 3 aliphatic rings. The van der Waals surface area contributed by atoms with Crippen LogP contribution in [-0.4, -0.2) is 69.7 Å². The number of Topliss-reactive ketones (excluding diaryl/α,β-unsaturated/α-hetero) is 1. The van der Waals surface area contributed by atoms with Gasteiger partial charge in [0.25, 0.3) is 0 Å². The fourth-order valence-corrected chi connectivity index (χ4v) is 6.12. The average molecular weight is 489 g/mol. The Morgan fingerprint density at radius 3 is 2.44 bits per heavy atom. The fourth-order valence-electron chi connectivity index (χ4n) is 5.19. The van der Waals surface area contributed by atoms with Crippen molar-refractivity contribution in [1.29, 1.82) is 0 Å². The van der Waals surface area contributed by atoms with Crippen molar-refractivity contribution in [3.63, 3.8) is 0 Å². The second kappa shape index (κ2) is 11.1. The Labute approximate surface area is 204 Å². The minimum atomic E-state index is -0.808. The lowest BCUT2D eigenvalue weighted by Crippen LogP contribution is -2.43. The Balaban J connectivity index is 1.55. The lowest BCUT2D eigenvalue weighted by molar-refractivity contribution is -0.138. The highest BCUT2D eigenvalue weighted by atomic mass is 32.2. The third kappa shape index (κ3) is 6.34. The van der Waals surface area contributed by atoms with E-state index in [2.05, 4.69) is 11.0 Å². The van der Waals surface area contributed by atoms with E-state index >= 15 is 0 Å². The van der Waals surface area contributed by atoms with E-state index in [1.165, 1.54) is 17.8 Å². The van der Waals surface area contributed by atoms with Gasteiger partial charge in [-0.05, 0) is 62.8 Å². The third-order valence-electron chi connectivity index (χ3n) is 7.04. The van der Waals surface area contributed by atoms with Crippen LogP contribution in [0.3, 0.4) is 0 Å². The molecule has 0 bridgehead atoms. The number of nitrogens with zero attached hydrogens (tertiary/aromatic N) is 2. The van der Waals surface area contributed by atoms with Gasteiger partial charge in [-0.3, -0.25) is 24.2 Å². The van der Waals surface area contributed by atoms with Crippen molar-refractivity contribution in [3.8, 4) is 0 Å². The summed E-state index contributed by atoms with van der Waals surface area (Å²) in [5.74, 6) is -0.736. The number of piperidine rings is 2. The van der Waals surface area contributed by atoms with Gasteiger partial charge in [0.15, 0.2) is 10.9 Å². The first-order valence-electron chi connectivity index (χ1n) is 12.2. The highest BCUT2D eigenvalue weighted by Crippen LogP contribution is 2.40. The summed E-state index contributed by atoms with van der Waals surface area (Å²) in [4.78, 5) is 40.3. The quantitative estimate of drug-likeness (QED) is 0.556. The van der Waals surface area contributed by atoms with Crippen LogP contribution in [0.1, 0.15) is 50.6 Å². The molecule has 0 amide bonds. The molecule has 6 nitrogen and oxygen atoms in total. The van der Waals surface area contributed by atoms with Crippen molar-refractivity contribution < 1.29 is 23.9 Å². The first kappa shape index (κ1) is 25.1. The number of likely N-dealkylation sites (tertiary alicyclic amines) is 2. The van der Waals surface area contributed by atoms with E-state index < -0.39 is 12.0 Å². The Hall–Kier alpha value is -2.03. The summed E-state index contributed by atoms with van der Waals surface area (Å²) in [6, 6.07) is 5.97. The number of rotatable bonds is 8. The van der Waals surface area contributed by atoms with Crippen molar-refractivity contribution in [2.24, 2.45) is 11.8 Å². The maximum Gasteiger partial charge on any atom is 0.317 e. The average Bonchev–Trinajstić information content (AvgIpc) is 3.63. The van der Waals surface area contributed by atoms with Gasteiger partial charge in [-0.25, -0.2) is 4.39 Å². The predicted octanol–water partition coefficient (Wildman–Crippen LogP) is 3.92. The Bertz CT molecular complexity index is 956. The minimum Gasteiger partial charge on any atom is -0.480 e. The van der Waals surface area contributed by atoms with E-state index in [1.54, 1.807) is 25.1 Å². The summed E-state index contributed by atoms with van der Waals surface area (Å²) in [5, 5.41) is 9.17. The highest BCUT2D eigenvalue weighted by molar-refractivity contribution is 8.14. The number of carboxylic acid groups (broad SMARTS) is 1. The molecule has 0 spiro atoms. The monoisotopic (exact) mass is 488 g/mol. The van der Waals surface area contributed by atoms with Crippen molar-refractivity contribution in [3.05, 3.63) is 47.3 Å². The van der Waals surface area contributed by atoms with Gasteiger partial charge in [-0.1, -0.05) is 36.0 Å². The van der Waals surface area contributed by atoms with Gasteiger partial charge in [0.2, 0.25) is 0 Å². The zero-order valence-electron chi connectivity index (χ0n) is 19.6. The van der Waals surface area contributed by atoms with E-state index in [0.717, 1.165) is 50.8 Å². The molecule has 1 aromatic carbocycles. The van der Waals surface area contributed by atoms with Crippen molar-refractivity contribution >= 4 is 28.6 Å². The molecule has 4 rings (SSSR count). The number of ketones is 1. The summed E-state index contributed by atoms with van der Waals surface area (Å²) in [6.07, 6.45) is 6.47. The number of aliphatic carboxylic acids is 1. The summed E-state index contributed by atoms with van der Waals surface area (Å²) in [6.45, 7) is 4.28. The molecule has 1 aromatic rings. The van der Waals surface area contributed by atoms with E-state index in [9.17, 15) is 18.8 Å². The number of hydrogen-bond donors (Lipinski definition) is 1. The van der Waals surface area contributed by atoms with Gasteiger partial charge in [0.1, 0.15) is 5.82 Å². The van der Waals surface area contributed by atoms with E-state index in [1.807, 2.05) is 4.90 Å².